The molecule has 3 heteroatoms. The minimum absolute atomic E-state index is 0.00377. The number of para-hydroxylation sites is 1. The number of rotatable bonds is 5. The first-order chi connectivity index (χ1) is 10.3. The maximum Gasteiger partial charge on any atom is 0.253 e. The van der Waals surface area contributed by atoms with E-state index >= 15 is 0 Å². The molecule has 0 saturated heterocycles. The second-order valence-corrected chi connectivity index (χ2v) is 5.39. The van der Waals surface area contributed by atoms with E-state index in [1.54, 1.807) is 0 Å². The average molecular weight is 280 g/mol. The highest BCUT2D eigenvalue weighted by atomic mass is 16.1. The summed E-state index contributed by atoms with van der Waals surface area (Å²) in [6.45, 7) is 3.54. The standard InChI is InChI=1S/C18H20N2O/c1-2-19-17-10-6-5-9-16(17)18(21)20-12-14-11-13-7-3-4-8-15(13)14/h3-10,14,19H,2,11-12H2,1H3,(H,20,21). The van der Waals surface area contributed by atoms with Crippen molar-refractivity contribution < 1.29 is 4.79 Å². The second kappa shape index (κ2) is 6.00. The van der Waals surface area contributed by atoms with Crippen molar-refractivity contribution in [2.45, 2.75) is 19.3 Å². The van der Waals surface area contributed by atoms with Gasteiger partial charge in [-0.2, -0.15) is 0 Å². The fraction of sp³-hybridized carbons (Fsp3) is 0.278. The van der Waals surface area contributed by atoms with Crippen LogP contribution in [0.15, 0.2) is 48.5 Å². The van der Waals surface area contributed by atoms with Gasteiger partial charge in [0.25, 0.3) is 5.91 Å². The molecule has 2 aromatic carbocycles. The van der Waals surface area contributed by atoms with Gasteiger partial charge in [-0.1, -0.05) is 36.4 Å². The molecule has 21 heavy (non-hydrogen) atoms. The van der Waals surface area contributed by atoms with Gasteiger partial charge in [-0.3, -0.25) is 4.79 Å². The van der Waals surface area contributed by atoms with Gasteiger partial charge in [0, 0.05) is 24.7 Å². The molecule has 0 spiro atoms. The van der Waals surface area contributed by atoms with E-state index in [2.05, 4.69) is 34.9 Å². The second-order valence-electron chi connectivity index (χ2n) is 5.39. The molecule has 0 fully saturated rings. The highest BCUT2D eigenvalue weighted by Gasteiger charge is 2.25. The Hall–Kier alpha value is -2.29. The predicted octanol–water partition coefficient (Wildman–Crippen LogP) is 3.19. The third kappa shape index (κ3) is 2.77. The third-order valence-electron chi connectivity index (χ3n) is 4.01. The summed E-state index contributed by atoms with van der Waals surface area (Å²) >= 11 is 0. The van der Waals surface area contributed by atoms with Crippen molar-refractivity contribution in [3.8, 4) is 0 Å². The summed E-state index contributed by atoms with van der Waals surface area (Å²) in [7, 11) is 0. The number of carbonyl (C=O) groups excluding carboxylic acids is 1. The Bertz CT molecular complexity index is 651. The van der Waals surface area contributed by atoms with E-state index < -0.39 is 0 Å². The fourth-order valence-electron chi connectivity index (χ4n) is 2.88. The number of benzene rings is 2. The van der Waals surface area contributed by atoms with Crippen LogP contribution < -0.4 is 10.6 Å². The number of amides is 1. The molecule has 3 rings (SSSR count). The van der Waals surface area contributed by atoms with Gasteiger partial charge in [0.1, 0.15) is 0 Å². The zero-order chi connectivity index (χ0) is 14.7. The van der Waals surface area contributed by atoms with Crippen molar-refractivity contribution in [1.82, 2.24) is 5.32 Å². The Kier molecular flexibility index (Phi) is 3.91. The lowest BCUT2D eigenvalue weighted by atomic mass is 9.77. The summed E-state index contributed by atoms with van der Waals surface area (Å²) in [5.74, 6) is 0.451. The topological polar surface area (TPSA) is 41.1 Å². The monoisotopic (exact) mass is 280 g/mol. The van der Waals surface area contributed by atoms with Gasteiger partial charge in [0.05, 0.1) is 5.56 Å². The molecule has 0 aliphatic heterocycles. The van der Waals surface area contributed by atoms with Crippen molar-refractivity contribution in [2.75, 3.05) is 18.4 Å². The van der Waals surface area contributed by atoms with Gasteiger partial charge in [0.15, 0.2) is 0 Å². The minimum Gasteiger partial charge on any atom is -0.385 e. The Morgan fingerprint density at radius 3 is 2.71 bits per heavy atom. The summed E-state index contributed by atoms with van der Waals surface area (Å²) < 4.78 is 0. The summed E-state index contributed by atoms with van der Waals surface area (Å²) in [4.78, 5) is 12.3. The van der Waals surface area contributed by atoms with Crippen molar-refractivity contribution in [1.29, 1.82) is 0 Å². The zero-order valence-corrected chi connectivity index (χ0v) is 12.2. The molecule has 1 atom stereocenters. The smallest absolute Gasteiger partial charge is 0.253 e. The van der Waals surface area contributed by atoms with E-state index in [1.165, 1.54) is 11.1 Å². The normalized spacial score (nSPS) is 15.8. The summed E-state index contributed by atoms with van der Waals surface area (Å²) in [5, 5.41) is 6.29. The molecule has 3 nitrogen and oxygen atoms in total. The molecule has 108 valence electrons. The number of nitrogens with one attached hydrogen (secondary N) is 2. The van der Waals surface area contributed by atoms with Crippen molar-refractivity contribution in [2.24, 2.45) is 0 Å². The zero-order valence-electron chi connectivity index (χ0n) is 12.2. The predicted molar refractivity (Wildman–Crippen MR) is 85.8 cm³/mol. The average Bonchev–Trinajstić information content (AvgIpc) is 2.49. The lowest BCUT2D eigenvalue weighted by Crippen LogP contribution is -2.33. The summed E-state index contributed by atoms with van der Waals surface area (Å²) in [5.41, 5.74) is 4.39. The van der Waals surface area contributed by atoms with Crippen molar-refractivity contribution >= 4 is 11.6 Å². The lowest BCUT2D eigenvalue weighted by Gasteiger charge is -2.30. The van der Waals surface area contributed by atoms with Crippen LogP contribution in [-0.2, 0) is 6.42 Å². The van der Waals surface area contributed by atoms with E-state index in [0.717, 1.165) is 18.7 Å². The first-order valence-corrected chi connectivity index (χ1v) is 7.48. The van der Waals surface area contributed by atoms with Crippen molar-refractivity contribution in [3.05, 3.63) is 65.2 Å². The molecule has 0 bridgehead atoms. The fourth-order valence-corrected chi connectivity index (χ4v) is 2.88. The van der Waals surface area contributed by atoms with E-state index in [0.29, 0.717) is 18.0 Å². The van der Waals surface area contributed by atoms with Gasteiger partial charge in [0.2, 0.25) is 0 Å². The van der Waals surface area contributed by atoms with E-state index in [1.807, 2.05) is 31.2 Å². The van der Waals surface area contributed by atoms with Crippen LogP contribution >= 0.6 is 0 Å². The number of anilines is 1. The first-order valence-electron chi connectivity index (χ1n) is 7.48. The molecule has 1 unspecified atom stereocenters. The quantitative estimate of drug-likeness (QED) is 0.883. The summed E-state index contributed by atoms with van der Waals surface area (Å²) in [6.07, 6.45) is 1.06. The molecule has 1 aliphatic carbocycles. The summed E-state index contributed by atoms with van der Waals surface area (Å²) in [6, 6.07) is 16.1. The molecule has 1 amide bonds. The number of hydrogen-bond donors (Lipinski definition) is 2. The number of carbonyl (C=O) groups is 1. The number of hydrogen-bond acceptors (Lipinski definition) is 2. The lowest BCUT2D eigenvalue weighted by molar-refractivity contribution is 0.0951. The van der Waals surface area contributed by atoms with E-state index in [9.17, 15) is 4.79 Å². The van der Waals surface area contributed by atoms with Gasteiger partial charge < -0.3 is 10.6 Å². The molecule has 2 aromatic rings. The first kappa shape index (κ1) is 13.7. The minimum atomic E-state index is -0.00377. The van der Waals surface area contributed by atoms with Gasteiger partial charge in [-0.25, -0.2) is 0 Å². The van der Waals surface area contributed by atoms with Crippen LogP contribution in [0, 0.1) is 0 Å². The van der Waals surface area contributed by atoms with E-state index in [4.69, 9.17) is 0 Å². The van der Waals surface area contributed by atoms with Gasteiger partial charge in [-0.05, 0) is 36.6 Å². The van der Waals surface area contributed by atoms with Gasteiger partial charge in [-0.15, -0.1) is 0 Å². The molecule has 1 aliphatic rings. The van der Waals surface area contributed by atoms with Gasteiger partial charge >= 0.3 is 0 Å². The number of fused-ring (bicyclic) bond motifs is 1. The molecule has 0 heterocycles. The highest BCUT2D eigenvalue weighted by molar-refractivity contribution is 5.99. The van der Waals surface area contributed by atoms with Crippen LogP contribution in [0.2, 0.25) is 0 Å². The van der Waals surface area contributed by atoms with Crippen LogP contribution in [0.1, 0.15) is 34.3 Å². The van der Waals surface area contributed by atoms with Crippen LogP contribution in [0.3, 0.4) is 0 Å². The SMILES string of the molecule is CCNc1ccccc1C(=O)NCC1Cc2ccccc21. The molecular weight excluding hydrogens is 260 g/mol. The van der Waals surface area contributed by atoms with Crippen LogP contribution in [0.25, 0.3) is 0 Å². The Labute approximate surface area is 125 Å². The van der Waals surface area contributed by atoms with Crippen LogP contribution in [0.4, 0.5) is 5.69 Å². The third-order valence-corrected chi connectivity index (χ3v) is 4.01. The molecule has 0 saturated carbocycles. The van der Waals surface area contributed by atoms with Crippen LogP contribution in [0.5, 0.6) is 0 Å². The Morgan fingerprint density at radius 2 is 1.90 bits per heavy atom. The Morgan fingerprint density at radius 1 is 1.14 bits per heavy atom. The molecule has 0 radical (unpaired) electrons. The van der Waals surface area contributed by atoms with Crippen molar-refractivity contribution in [3.63, 3.8) is 0 Å². The highest BCUT2D eigenvalue weighted by Crippen LogP contribution is 2.34. The Balaban J connectivity index is 1.63. The molecular formula is C18H20N2O. The van der Waals surface area contributed by atoms with E-state index in [-0.39, 0.29) is 5.91 Å². The molecule has 2 N–H and O–H groups in total. The van der Waals surface area contributed by atoms with Crippen LogP contribution in [-0.4, -0.2) is 19.0 Å². The maximum atomic E-state index is 12.3. The maximum absolute atomic E-state index is 12.3. The molecule has 0 aromatic heterocycles. The largest absolute Gasteiger partial charge is 0.385 e.